The molecule has 2 aromatic rings. The summed E-state index contributed by atoms with van der Waals surface area (Å²) < 4.78 is 10.6. The smallest absolute Gasteiger partial charge is 0.271 e. The van der Waals surface area contributed by atoms with Crippen molar-refractivity contribution in [1.82, 2.24) is 5.43 Å². The Kier molecular flexibility index (Phi) is 3.78. The maximum absolute atomic E-state index is 12.1. The monoisotopic (exact) mass is 296 g/mol. The molecule has 0 bridgehead atoms. The molecule has 1 amide bonds. The molecular weight excluding hydrogens is 280 g/mol. The van der Waals surface area contributed by atoms with Gasteiger partial charge in [0, 0.05) is 11.1 Å². The number of nitrogens with zero attached hydrogens (tertiary/aromatic N) is 1. The van der Waals surface area contributed by atoms with Crippen LogP contribution in [0, 0.1) is 6.92 Å². The SMILES string of the molecule is C/C(=N\NC(=O)c1cccc(C)c1)c1ccc2c(c1)OCO2. The van der Waals surface area contributed by atoms with Gasteiger partial charge in [-0.2, -0.15) is 5.10 Å². The lowest BCUT2D eigenvalue weighted by Gasteiger charge is -2.05. The van der Waals surface area contributed by atoms with Crippen molar-refractivity contribution in [2.75, 3.05) is 6.79 Å². The first-order chi connectivity index (χ1) is 10.6. The average Bonchev–Trinajstić information content (AvgIpc) is 2.99. The second-order valence-corrected chi connectivity index (χ2v) is 5.08. The van der Waals surface area contributed by atoms with Crippen LogP contribution in [0.4, 0.5) is 0 Å². The Morgan fingerprint density at radius 3 is 2.73 bits per heavy atom. The number of hydrogen-bond acceptors (Lipinski definition) is 4. The van der Waals surface area contributed by atoms with Crippen molar-refractivity contribution in [3.05, 3.63) is 59.2 Å². The van der Waals surface area contributed by atoms with E-state index in [4.69, 9.17) is 9.47 Å². The van der Waals surface area contributed by atoms with Crippen molar-refractivity contribution in [3.8, 4) is 11.5 Å². The van der Waals surface area contributed by atoms with Crippen molar-refractivity contribution >= 4 is 11.6 Å². The summed E-state index contributed by atoms with van der Waals surface area (Å²) in [5.74, 6) is 1.18. The van der Waals surface area contributed by atoms with Crippen LogP contribution in [0.1, 0.15) is 28.4 Å². The average molecular weight is 296 g/mol. The van der Waals surface area contributed by atoms with Gasteiger partial charge in [-0.05, 0) is 44.2 Å². The summed E-state index contributed by atoms with van der Waals surface area (Å²) in [7, 11) is 0. The summed E-state index contributed by atoms with van der Waals surface area (Å²) in [5.41, 5.74) is 5.75. The molecule has 0 saturated heterocycles. The second kappa shape index (κ2) is 5.89. The van der Waals surface area contributed by atoms with Crippen LogP contribution in [-0.2, 0) is 0 Å². The van der Waals surface area contributed by atoms with Gasteiger partial charge in [0.05, 0.1) is 5.71 Å². The third kappa shape index (κ3) is 2.93. The first kappa shape index (κ1) is 14.1. The Labute approximate surface area is 128 Å². The van der Waals surface area contributed by atoms with Crippen molar-refractivity contribution in [2.45, 2.75) is 13.8 Å². The number of rotatable bonds is 3. The van der Waals surface area contributed by atoms with Crippen LogP contribution in [0.25, 0.3) is 0 Å². The number of nitrogens with one attached hydrogen (secondary N) is 1. The molecule has 0 fully saturated rings. The lowest BCUT2D eigenvalue weighted by molar-refractivity contribution is 0.0954. The molecule has 1 heterocycles. The lowest BCUT2D eigenvalue weighted by Crippen LogP contribution is -2.19. The van der Waals surface area contributed by atoms with Crippen LogP contribution >= 0.6 is 0 Å². The largest absolute Gasteiger partial charge is 0.454 e. The van der Waals surface area contributed by atoms with Crippen LogP contribution in [0.5, 0.6) is 11.5 Å². The summed E-state index contributed by atoms with van der Waals surface area (Å²) in [6.45, 7) is 4.01. The first-order valence-electron chi connectivity index (χ1n) is 6.95. The van der Waals surface area contributed by atoms with Gasteiger partial charge in [-0.25, -0.2) is 5.43 Å². The van der Waals surface area contributed by atoms with E-state index in [2.05, 4.69) is 10.5 Å². The van der Waals surface area contributed by atoms with E-state index < -0.39 is 0 Å². The van der Waals surface area contributed by atoms with E-state index in [-0.39, 0.29) is 12.7 Å². The zero-order chi connectivity index (χ0) is 15.5. The van der Waals surface area contributed by atoms with Gasteiger partial charge >= 0.3 is 0 Å². The van der Waals surface area contributed by atoms with Gasteiger partial charge in [0.15, 0.2) is 11.5 Å². The molecular formula is C17H16N2O3. The van der Waals surface area contributed by atoms with Crippen LogP contribution in [-0.4, -0.2) is 18.4 Å². The van der Waals surface area contributed by atoms with E-state index in [0.29, 0.717) is 17.0 Å². The predicted molar refractivity (Wildman–Crippen MR) is 83.4 cm³/mol. The van der Waals surface area contributed by atoms with Crippen molar-refractivity contribution in [3.63, 3.8) is 0 Å². The summed E-state index contributed by atoms with van der Waals surface area (Å²) in [6, 6.07) is 12.9. The Morgan fingerprint density at radius 2 is 1.91 bits per heavy atom. The summed E-state index contributed by atoms with van der Waals surface area (Å²) >= 11 is 0. The molecule has 0 unspecified atom stereocenters. The van der Waals surface area contributed by atoms with Gasteiger partial charge in [-0.3, -0.25) is 4.79 Å². The zero-order valence-corrected chi connectivity index (χ0v) is 12.4. The van der Waals surface area contributed by atoms with E-state index in [0.717, 1.165) is 16.9 Å². The lowest BCUT2D eigenvalue weighted by atomic mass is 10.1. The highest BCUT2D eigenvalue weighted by Gasteiger charge is 2.14. The number of carbonyl (C=O) groups is 1. The summed E-state index contributed by atoms with van der Waals surface area (Å²) in [6.07, 6.45) is 0. The molecule has 1 aliphatic heterocycles. The van der Waals surface area contributed by atoms with Crippen molar-refractivity contribution < 1.29 is 14.3 Å². The number of fused-ring (bicyclic) bond motifs is 1. The molecule has 1 N–H and O–H groups in total. The summed E-state index contributed by atoms with van der Waals surface area (Å²) in [5, 5.41) is 4.15. The minimum Gasteiger partial charge on any atom is -0.454 e. The molecule has 0 radical (unpaired) electrons. The number of hydrazone groups is 1. The van der Waals surface area contributed by atoms with Gasteiger partial charge < -0.3 is 9.47 Å². The van der Waals surface area contributed by atoms with Gasteiger partial charge in [0.2, 0.25) is 6.79 Å². The molecule has 0 spiro atoms. The Balaban J connectivity index is 1.73. The predicted octanol–water partition coefficient (Wildman–Crippen LogP) is 2.88. The Bertz CT molecular complexity index is 753. The van der Waals surface area contributed by atoms with Gasteiger partial charge in [0.25, 0.3) is 5.91 Å². The van der Waals surface area contributed by atoms with Gasteiger partial charge in [-0.1, -0.05) is 17.7 Å². The van der Waals surface area contributed by atoms with E-state index in [1.807, 2.05) is 50.2 Å². The fourth-order valence-electron chi connectivity index (χ4n) is 2.17. The third-order valence-corrected chi connectivity index (χ3v) is 3.40. The molecule has 0 aromatic heterocycles. The van der Waals surface area contributed by atoms with Crippen LogP contribution in [0.3, 0.4) is 0 Å². The molecule has 3 rings (SSSR count). The molecule has 0 aliphatic carbocycles. The third-order valence-electron chi connectivity index (χ3n) is 3.40. The van der Waals surface area contributed by atoms with E-state index in [9.17, 15) is 4.79 Å². The number of hydrogen-bond donors (Lipinski definition) is 1. The number of amides is 1. The fraction of sp³-hybridized carbons (Fsp3) is 0.176. The maximum Gasteiger partial charge on any atom is 0.271 e. The molecule has 5 heteroatoms. The van der Waals surface area contributed by atoms with E-state index in [1.54, 1.807) is 6.07 Å². The van der Waals surface area contributed by atoms with Crippen molar-refractivity contribution in [1.29, 1.82) is 0 Å². The Hall–Kier alpha value is -2.82. The topological polar surface area (TPSA) is 59.9 Å². The quantitative estimate of drug-likeness (QED) is 0.700. The van der Waals surface area contributed by atoms with E-state index in [1.165, 1.54) is 0 Å². The minimum atomic E-state index is -0.233. The Morgan fingerprint density at radius 1 is 1.09 bits per heavy atom. The number of carbonyl (C=O) groups excluding carboxylic acids is 1. The molecule has 5 nitrogen and oxygen atoms in total. The molecule has 0 atom stereocenters. The highest BCUT2D eigenvalue weighted by molar-refractivity contribution is 6.01. The second-order valence-electron chi connectivity index (χ2n) is 5.08. The number of aryl methyl sites for hydroxylation is 1. The first-order valence-corrected chi connectivity index (χ1v) is 6.95. The van der Waals surface area contributed by atoms with Crippen LogP contribution in [0.2, 0.25) is 0 Å². The van der Waals surface area contributed by atoms with Crippen molar-refractivity contribution in [2.24, 2.45) is 5.10 Å². The standard InChI is InChI=1S/C17H16N2O3/c1-11-4-3-5-14(8-11)17(20)19-18-12(2)13-6-7-15-16(9-13)22-10-21-15/h3-9H,10H2,1-2H3,(H,19,20)/b18-12+. The molecule has 22 heavy (non-hydrogen) atoms. The number of ether oxygens (including phenoxy) is 2. The molecule has 1 aliphatic rings. The normalized spacial score (nSPS) is 13.1. The van der Waals surface area contributed by atoms with Crippen LogP contribution < -0.4 is 14.9 Å². The maximum atomic E-state index is 12.1. The highest BCUT2D eigenvalue weighted by atomic mass is 16.7. The number of benzene rings is 2. The zero-order valence-electron chi connectivity index (χ0n) is 12.4. The highest BCUT2D eigenvalue weighted by Crippen LogP contribution is 2.32. The fourth-order valence-corrected chi connectivity index (χ4v) is 2.17. The molecule has 2 aromatic carbocycles. The van der Waals surface area contributed by atoms with Crippen LogP contribution in [0.15, 0.2) is 47.6 Å². The molecule has 112 valence electrons. The summed E-state index contributed by atoms with van der Waals surface area (Å²) in [4.78, 5) is 12.1. The van der Waals surface area contributed by atoms with Gasteiger partial charge in [-0.15, -0.1) is 0 Å². The van der Waals surface area contributed by atoms with Gasteiger partial charge in [0.1, 0.15) is 0 Å². The minimum absolute atomic E-state index is 0.233. The van der Waals surface area contributed by atoms with E-state index >= 15 is 0 Å². The molecule has 0 saturated carbocycles.